The molecule has 0 saturated carbocycles. The molecule has 0 aliphatic rings. The number of hydrogen-bond donors (Lipinski definition) is 4. The topological polar surface area (TPSA) is 313 Å². The Morgan fingerprint density at radius 2 is 0.725 bits per heavy atom. The average Bonchev–Trinajstić information content (AvgIpc) is 0.801. The van der Waals surface area contributed by atoms with Gasteiger partial charge in [-0.3, -0.25) is 58.1 Å². The Labute approximate surface area is 806 Å². The van der Waals surface area contributed by atoms with E-state index in [-0.39, 0.29) is 82.9 Å². The zero-order chi connectivity index (χ0) is 101. The molecule has 0 bridgehead atoms. The quantitative estimate of drug-likeness (QED) is 0.0156. The van der Waals surface area contributed by atoms with Crippen LogP contribution >= 0.6 is 0 Å². The van der Waals surface area contributed by atoms with Crippen molar-refractivity contribution in [2.45, 2.75) is 120 Å². The summed E-state index contributed by atoms with van der Waals surface area (Å²) in [6, 6.07) is 39.6. The molecule has 0 aliphatic carbocycles. The van der Waals surface area contributed by atoms with E-state index < -0.39 is 52.7 Å². The number of esters is 1. The maximum absolute atomic E-state index is 13.9. The molecule has 0 atom stereocenters. The Hall–Kier alpha value is -11.6. The lowest BCUT2D eigenvalue weighted by Gasteiger charge is -2.25. The van der Waals surface area contributed by atoms with Gasteiger partial charge in [-0.25, -0.2) is 0 Å². The van der Waals surface area contributed by atoms with E-state index in [4.69, 9.17) is 42.6 Å². The highest BCUT2D eigenvalue weighted by Gasteiger charge is 2.33. The molecule has 0 fully saturated rings. The standard InChI is InChI=1S/C52H69F3N6O8.C51H67F3N6O9/c1-8-61(9-2)43-16-17-46(45(35-43)47-34-40(18-20-56-47)48(63)57-37-38-12-10-15-42(32-38)52(53,54)55)58-49(64)39-13-11-14-41(33-39)50(65)59(6)21-22-60(23-26-66-7)24-27-68-29-31-69-30-28-67-25-19-44(62)36-51(3,4)5;1-8-60(9-2)42-16-17-44(43(35-42)45-34-39(18-20-55-45)47(62)56-36-37-12-10-15-41(32-37)51(52,53)54)57-48(63)38-13-11-14-40(33-38)49(64)58(6)21-22-59(23-26-65-7)24-27-67-29-31-68-30-28-66-25-19-46(61)69-50(3,4)5/h10-18,20,32-35H,8-9,19,21-31,36-37H2,1-7H3,(H,57,63)(H,58,64);10-18,20,32-35H,8-9,19,21-31,36H2,1-7H3,(H,56,62)(H,57,63). The Kier molecular flexibility index (Phi) is 47.9. The summed E-state index contributed by atoms with van der Waals surface area (Å²) in [5, 5.41) is 11.3. The summed E-state index contributed by atoms with van der Waals surface area (Å²) in [5.41, 5.74) is 4.37. The minimum absolute atomic E-state index is 0.0257. The average molecular weight is 1930 g/mol. The third-order valence-corrected chi connectivity index (χ3v) is 21.6. The highest BCUT2D eigenvalue weighted by molar-refractivity contribution is 6.09. The van der Waals surface area contributed by atoms with Crippen LogP contribution in [0.5, 0.6) is 0 Å². The number of ketones is 1. The first kappa shape index (κ1) is 113. The van der Waals surface area contributed by atoms with Crippen molar-refractivity contribution >= 4 is 69.9 Å². The van der Waals surface area contributed by atoms with Crippen molar-refractivity contribution < 1.29 is 107 Å². The van der Waals surface area contributed by atoms with E-state index in [0.717, 1.165) is 35.6 Å². The van der Waals surface area contributed by atoms with Crippen molar-refractivity contribution in [2.24, 2.45) is 5.41 Å². The smallest absolute Gasteiger partial charge is 0.416 e. The van der Waals surface area contributed by atoms with Crippen molar-refractivity contribution in [3.05, 3.63) is 226 Å². The number of likely N-dealkylation sites (N-methyl/N-ethyl adjacent to an activating group) is 2. The number of carbonyl (C=O) groups excluding carboxylic acids is 8. The van der Waals surface area contributed by atoms with Crippen LogP contribution in [-0.2, 0) is 77.7 Å². The van der Waals surface area contributed by atoms with Gasteiger partial charge in [0.05, 0.1) is 133 Å². The number of carbonyl (C=O) groups is 8. The molecule has 2 heterocycles. The van der Waals surface area contributed by atoms with Crippen LogP contribution < -0.4 is 31.1 Å². The summed E-state index contributed by atoms with van der Waals surface area (Å²) < 4.78 is 129. The Balaban J connectivity index is 0.000000376. The second-order valence-corrected chi connectivity index (χ2v) is 34.7. The van der Waals surface area contributed by atoms with Crippen LogP contribution in [0.3, 0.4) is 0 Å². The van der Waals surface area contributed by atoms with Crippen molar-refractivity contribution in [1.29, 1.82) is 0 Å². The van der Waals surface area contributed by atoms with E-state index in [9.17, 15) is 64.7 Å². The number of alkyl halides is 6. The molecule has 0 radical (unpaired) electrons. The molecule has 0 aliphatic heterocycles. The third kappa shape index (κ3) is 40.4. The van der Waals surface area contributed by atoms with Crippen LogP contribution in [0.1, 0.15) is 173 Å². The first-order chi connectivity index (χ1) is 65.8. The number of benzene rings is 6. The molecule has 752 valence electrons. The second-order valence-electron chi connectivity index (χ2n) is 34.7. The van der Waals surface area contributed by atoms with Crippen LogP contribution in [0.4, 0.5) is 49.1 Å². The summed E-state index contributed by atoms with van der Waals surface area (Å²) in [6.07, 6.45) is -5.00. The lowest BCUT2D eigenvalue weighted by atomic mass is 9.89. The molecule has 2 aromatic heterocycles. The predicted octanol–water partition coefficient (Wildman–Crippen LogP) is 15.9. The van der Waals surface area contributed by atoms with Gasteiger partial charge in [-0.05, 0) is 186 Å². The fourth-order valence-electron chi connectivity index (χ4n) is 14.2. The van der Waals surface area contributed by atoms with Gasteiger partial charge >= 0.3 is 18.3 Å². The molecule has 4 N–H and O–H groups in total. The van der Waals surface area contributed by atoms with Crippen molar-refractivity contribution in [1.82, 2.24) is 40.2 Å². The molecule has 6 aromatic carbocycles. The minimum atomic E-state index is -4.51. The van der Waals surface area contributed by atoms with E-state index >= 15 is 0 Å². The van der Waals surface area contributed by atoms with Crippen LogP contribution in [0, 0.1) is 5.41 Å². The second kappa shape index (κ2) is 58.3. The molecule has 138 heavy (non-hydrogen) atoms. The number of rotatable bonds is 57. The highest BCUT2D eigenvalue weighted by atomic mass is 19.4. The van der Waals surface area contributed by atoms with Gasteiger partial charge in [-0.2, -0.15) is 26.3 Å². The number of amides is 6. The number of Topliss-reactive ketones (excluding diaryl/α,β-unsaturated/α-hetero) is 1. The fraction of sp³-hybridized carbons (Fsp3) is 0.476. The van der Waals surface area contributed by atoms with Crippen LogP contribution in [0.15, 0.2) is 170 Å². The van der Waals surface area contributed by atoms with Gasteiger partial charge < -0.3 is 83.5 Å². The van der Waals surface area contributed by atoms with Crippen molar-refractivity contribution in [2.75, 3.05) is 220 Å². The van der Waals surface area contributed by atoms with E-state index in [0.29, 0.717) is 228 Å². The summed E-state index contributed by atoms with van der Waals surface area (Å²) in [7, 11) is 6.67. The molecule has 35 heteroatoms. The summed E-state index contributed by atoms with van der Waals surface area (Å²) in [5.74, 6) is -2.61. The van der Waals surface area contributed by atoms with Gasteiger partial charge in [0.25, 0.3) is 35.4 Å². The lowest BCUT2D eigenvalue weighted by Crippen LogP contribution is -2.39. The minimum Gasteiger partial charge on any atom is -0.460 e. The molecule has 0 spiro atoms. The fourth-order valence-corrected chi connectivity index (χ4v) is 14.2. The summed E-state index contributed by atoms with van der Waals surface area (Å²) in [4.78, 5) is 126. The number of hydrogen-bond acceptors (Lipinski definition) is 23. The number of pyridine rings is 2. The number of anilines is 4. The Morgan fingerprint density at radius 3 is 1.09 bits per heavy atom. The SMILES string of the molecule is CCN(CC)c1ccc(NC(=O)c2cccc(C(=O)N(C)CCN(CCOC)CCOCCOCCOCCC(=O)CC(C)(C)C)c2)c(-c2cc(C(=O)NCc3cccc(C(F)(F)F)c3)ccn2)c1.CCN(CC)c1ccc(NC(=O)c2cccc(C(=O)N(C)CCN(CCOC)CCOCCOCCOCCC(=O)OC(C)(C)C)c2)c(-c2cc(C(=O)NCc3cccc(C(F)(F)F)c3)ccn2)c1. The predicted molar refractivity (Wildman–Crippen MR) is 520 cm³/mol. The molecule has 8 rings (SSSR count). The Bertz CT molecular complexity index is 4850. The molecule has 0 unspecified atom stereocenters. The van der Waals surface area contributed by atoms with Gasteiger partial charge in [0, 0.05) is 201 Å². The monoisotopic (exact) mass is 1930 g/mol. The van der Waals surface area contributed by atoms with Gasteiger partial charge in [0.2, 0.25) is 0 Å². The molecule has 6 amide bonds. The lowest BCUT2D eigenvalue weighted by molar-refractivity contribution is -0.156. The third-order valence-electron chi connectivity index (χ3n) is 21.6. The number of methoxy groups -OCH3 is 2. The van der Waals surface area contributed by atoms with Gasteiger partial charge in [-0.1, -0.05) is 57.2 Å². The van der Waals surface area contributed by atoms with Gasteiger partial charge in [0.1, 0.15) is 11.4 Å². The number of ether oxygens (including phenoxy) is 9. The number of aromatic nitrogens is 2. The first-order valence-electron chi connectivity index (χ1n) is 46.4. The molecule has 29 nitrogen and oxygen atoms in total. The molecular formula is C103H136F6N12O17. The van der Waals surface area contributed by atoms with Gasteiger partial charge in [-0.15, -0.1) is 0 Å². The van der Waals surface area contributed by atoms with Gasteiger partial charge in [0.15, 0.2) is 0 Å². The molecule has 0 saturated heterocycles. The number of nitrogens with one attached hydrogen (secondary N) is 4. The highest BCUT2D eigenvalue weighted by Crippen LogP contribution is 2.36. The van der Waals surface area contributed by atoms with E-state index in [1.54, 1.807) is 111 Å². The maximum Gasteiger partial charge on any atom is 0.416 e. The van der Waals surface area contributed by atoms with Crippen molar-refractivity contribution in [3.8, 4) is 22.5 Å². The van der Waals surface area contributed by atoms with E-state index in [1.165, 1.54) is 48.8 Å². The number of halogens is 6. The number of nitrogens with zero attached hydrogens (tertiary/aromatic N) is 8. The summed E-state index contributed by atoms with van der Waals surface area (Å²) >= 11 is 0. The van der Waals surface area contributed by atoms with Crippen LogP contribution in [0.25, 0.3) is 22.5 Å². The zero-order valence-corrected chi connectivity index (χ0v) is 81.9. The molecule has 8 aromatic rings. The van der Waals surface area contributed by atoms with E-state index in [1.807, 2.05) is 93.5 Å². The maximum atomic E-state index is 13.9. The Morgan fingerprint density at radius 1 is 0.370 bits per heavy atom. The normalized spacial score (nSPS) is 11.7. The first-order valence-corrected chi connectivity index (χ1v) is 46.4. The molecular weight excluding hydrogens is 1790 g/mol. The zero-order valence-electron chi connectivity index (χ0n) is 81.9. The van der Waals surface area contributed by atoms with Crippen LogP contribution in [0.2, 0.25) is 0 Å². The summed E-state index contributed by atoms with van der Waals surface area (Å²) in [6.45, 7) is 32.3. The van der Waals surface area contributed by atoms with E-state index in [2.05, 4.69) is 50.8 Å². The van der Waals surface area contributed by atoms with Crippen LogP contribution in [-0.4, -0.2) is 282 Å². The van der Waals surface area contributed by atoms with Crippen molar-refractivity contribution in [3.63, 3.8) is 0 Å². The largest absolute Gasteiger partial charge is 0.460 e.